The molecule has 1 N–H and O–H groups in total. The summed E-state index contributed by atoms with van der Waals surface area (Å²) in [5.74, 6) is -0.405. The van der Waals surface area contributed by atoms with Crippen molar-refractivity contribution in [1.82, 2.24) is 14.5 Å². The lowest BCUT2D eigenvalue weighted by Gasteiger charge is -2.13. The molecule has 0 amide bonds. The van der Waals surface area contributed by atoms with Crippen LogP contribution >= 0.6 is 0 Å². The molecule has 0 saturated carbocycles. The van der Waals surface area contributed by atoms with Gasteiger partial charge < -0.3 is 14.6 Å². The van der Waals surface area contributed by atoms with E-state index in [2.05, 4.69) is 15.3 Å². The summed E-state index contributed by atoms with van der Waals surface area (Å²) in [6.07, 6.45) is 6.17. The number of benzene rings is 1. The van der Waals surface area contributed by atoms with Gasteiger partial charge in [-0.15, -0.1) is 0 Å². The van der Waals surface area contributed by atoms with E-state index in [1.807, 2.05) is 0 Å². The van der Waals surface area contributed by atoms with Crippen LogP contribution in [0.3, 0.4) is 0 Å². The van der Waals surface area contributed by atoms with E-state index in [1.54, 1.807) is 61.3 Å². The molecule has 3 aromatic rings. The molecule has 26 heavy (non-hydrogen) atoms. The molecule has 1 aromatic carbocycles. The Bertz CT molecular complexity index is 894. The van der Waals surface area contributed by atoms with Crippen molar-refractivity contribution in [1.29, 1.82) is 0 Å². The average Bonchev–Trinajstić information content (AvgIpc) is 3.14. The van der Waals surface area contributed by atoms with Gasteiger partial charge in [-0.25, -0.2) is 19.2 Å². The second-order valence-corrected chi connectivity index (χ2v) is 5.96. The molecule has 3 rings (SSSR count). The summed E-state index contributed by atoms with van der Waals surface area (Å²) in [7, 11) is 0. The number of ether oxygens (including phenoxy) is 1. The fraction of sp³-hybridized carbons (Fsp3) is 0.211. The molecule has 2 aromatic heterocycles. The molecular weight excluding hydrogens is 335 g/mol. The average molecular weight is 354 g/mol. The Morgan fingerprint density at radius 3 is 2.85 bits per heavy atom. The Morgan fingerprint density at radius 1 is 1.31 bits per heavy atom. The van der Waals surface area contributed by atoms with Crippen LogP contribution in [0.25, 0.3) is 5.69 Å². The number of anilines is 1. The minimum absolute atomic E-state index is 0.222. The summed E-state index contributed by atoms with van der Waals surface area (Å²) in [6.45, 7) is 3.89. The number of hydrogen-bond acceptors (Lipinski definition) is 5. The Hall–Kier alpha value is -3.22. The molecule has 0 saturated heterocycles. The highest BCUT2D eigenvalue weighted by Gasteiger charge is 2.15. The van der Waals surface area contributed by atoms with Crippen LogP contribution in [0, 0.1) is 5.82 Å². The van der Waals surface area contributed by atoms with E-state index in [0.717, 1.165) is 5.56 Å². The topological polar surface area (TPSA) is 69.0 Å². The zero-order chi connectivity index (χ0) is 18.5. The highest BCUT2D eigenvalue weighted by Crippen LogP contribution is 2.18. The molecule has 2 heterocycles. The highest BCUT2D eigenvalue weighted by atomic mass is 19.1. The zero-order valence-electron chi connectivity index (χ0n) is 14.5. The van der Waals surface area contributed by atoms with Gasteiger partial charge in [-0.2, -0.15) is 0 Å². The van der Waals surface area contributed by atoms with E-state index in [9.17, 15) is 9.18 Å². The van der Waals surface area contributed by atoms with Crippen LogP contribution in [0.2, 0.25) is 0 Å². The number of halogens is 1. The van der Waals surface area contributed by atoms with Crippen molar-refractivity contribution in [2.24, 2.45) is 0 Å². The Morgan fingerprint density at radius 2 is 2.15 bits per heavy atom. The van der Waals surface area contributed by atoms with Gasteiger partial charge in [0, 0.05) is 25.1 Å². The maximum Gasteiger partial charge on any atom is 0.342 e. The number of imidazole rings is 1. The highest BCUT2D eigenvalue weighted by molar-refractivity contribution is 5.94. The van der Waals surface area contributed by atoms with Gasteiger partial charge in [0.1, 0.15) is 17.2 Å². The summed E-state index contributed by atoms with van der Waals surface area (Å²) in [6, 6.07) is 8.24. The van der Waals surface area contributed by atoms with Gasteiger partial charge in [-0.1, -0.05) is 6.07 Å². The fourth-order valence-electron chi connectivity index (χ4n) is 2.45. The number of nitrogens with one attached hydrogen (secondary N) is 1. The molecule has 6 nitrogen and oxygen atoms in total. The van der Waals surface area contributed by atoms with Crippen LogP contribution in [0.15, 0.2) is 55.2 Å². The lowest BCUT2D eigenvalue weighted by Crippen LogP contribution is -2.15. The molecular formula is C19H19FN4O2. The van der Waals surface area contributed by atoms with Crippen molar-refractivity contribution in [3.63, 3.8) is 0 Å². The lowest BCUT2D eigenvalue weighted by atomic mass is 10.2. The fourth-order valence-corrected chi connectivity index (χ4v) is 2.45. The summed E-state index contributed by atoms with van der Waals surface area (Å²) in [4.78, 5) is 20.2. The standard InChI is InChI=1S/C19H19FN4O2/c1-13(2)26-19(25)15-4-3-7-22-18(15)23-11-14-5-6-17(16(20)10-14)24-9-8-21-12-24/h3-10,12-13H,11H2,1-2H3,(H,22,23). The zero-order valence-corrected chi connectivity index (χ0v) is 14.5. The molecule has 0 aliphatic rings. The van der Waals surface area contributed by atoms with Gasteiger partial charge in [-0.3, -0.25) is 0 Å². The maximum absolute atomic E-state index is 14.3. The number of carbonyl (C=O) groups excluding carboxylic acids is 1. The molecule has 0 atom stereocenters. The first-order chi connectivity index (χ1) is 12.5. The quantitative estimate of drug-likeness (QED) is 0.685. The van der Waals surface area contributed by atoms with Crippen molar-refractivity contribution in [2.45, 2.75) is 26.5 Å². The van der Waals surface area contributed by atoms with E-state index in [0.29, 0.717) is 23.6 Å². The minimum Gasteiger partial charge on any atom is -0.459 e. The third-order valence-corrected chi connectivity index (χ3v) is 3.62. The van der Waals surface area contributed by atoms with Gasteiger partial charge in [0.05, 0.1) is 18.1 Å². The van der Waals surface area contributed by atoms with Crippen LogP contribution < -0.4 is 5.32 Å². The number of nitrogens with zero attached hydrogens (tertiary/aromatic N) is 3. The summed E-state index contributed by atoms with van der Waals surface area (Å²) < 4.78 is 21.1. The minimum atomic E-state index is -0.447. The second-order valence-electron chi connectivity index (χ2n) is 5.96. The molecule has 0 unspecified atom stereocenters. The van der Waals surface area contributed by atoms with E-state index < -0.39 is 5.97 Å². The molecule has 0 aliphatic carbocycles. The predicted octanol–water partition coefficient (Wildman–Crippen LogP) is 3.58. The monoisotopic (exact) mass is 354 g/mol. The normalized spacial score (nSPS) is 10.8. The molecule has 0 spiro atoms. The van der Waals surface area contributed by atoms with Crippen molar-refractivity contribution in [3.05, 3.63) is 72.2 Å². The van der Waals surface area contributed by atoms with E-state index >= 15 is 0 Å². The Labute approximate surface area is 150 Å². The Balaban J connectivity index is 1.74. The van der Waals surface area contributed by atoms with Crippen LogP contribution in [-0.2, 0) is 11.3 Å². The Kier molecular flexibility index (Phi) is 5.26. The van der Waals surface area contributed by atoms with Gasteiger partial charge in [-0.05, 0) is 43.7 Å². The van der Waals surface area contributed by atoms with Gasteiger partial charge in [0.15, 0.2) is 0 Å². The van der Waals surface area contributed by atoms with Crippen LogP contribution in [0.4, 0.5) is 10.2 Å². The van der Waals surface area contributed by atoms with Gasteiger partial charge >= 0.3 is 5.97 Å². The third kappa shape index (κ3) is 4.05. The number of aromatic nitrogens is 3. The first-order valence-corrected chi connectivity index (χ1v) is 8.21. The van der Waals surface area contributed by atoms with Crippen molar-refractivity contribution < 1.29 is 13.9 Å². The van der Waals surface area contributed by atoms with Crippen molar-refractivity contribution in [2.75, 3.05) is 5.32 Å². The lowest BCUT2D eigenvalue weighted by molar-refractivity contribution is 0.0378. The number of esters is 1. The SMILES string of the molecule is CC(C)OC(=O)c1cccnc1NCc1ccc(-n2ccnc2)c(F)c1. The molecule has 0 radical (unpaired) electrons. The summed E-state index contributed by atoms with van der Waals surface area (Å²) in [5.41, 5.74) is 1.49. The predicted molar refractivity (Wildman–Crippen MR) is 95.6 cm³/mol. The van der Waals surface area contributed by atoms with E-state index in [-0.39, 0.29) is 11.9 Å². The molecule has 0 fully saturated rings. The van der Waals surface area contributed by atoms with E-state index in [4.69, 9.17) is 4.74 Å². The number of carbonyl (C=O) groups is 1. The largest absolute Gasteiger partial charge is 0.459 e. The smallest absolute Gasteiger partial charge is 0.342 e. The second kappa shape index (κ2) is 7.77. The van der Waals surface area contributed by atoms with Gasteiger partial charge in [0.25, 0.3) is 0 Å². The van der Waals surface area contributed by atoms with Gasteiger partial charge in [0.2, 0.25) is 0 Å². The molecule has 134 valence electrons. The molecule has 0 bridgehead atoms. The maximum atomic E-state index is 14.3. The number of rotatable bonds is 6. The van der Waals surface area contributed by atoms with Crippen LogP contribution in [0.1, 0.15) is 29.8 Å². The number of pyridine rings is 1. The van der Waals surface area contributed by atoms with Crippen LogP contribution in [-0.4, -0.2) is 26.6 Å². The number of hydrogen-bond donors (Lipinski definition) is 1. The molecule has 0 aliphatic heterocycles. The molecule has 7 heteroatoms. The summed E-state index contributed by atoms with van der Waals surface area (Å²) >= 11 is 0. The first-order valence-electron chi connectivity index (χ1n) is 8.21. The van der Waals surface area contributed by atoms with Crippen LogP contribution in [0.5, 0.6) is 0 Å². The first kappa shape index (κ1) is 17.6. The van der Waals surface area contributed by atoms with Crippen molar-refractivity contribution in [3.8, 4) is 5.69 Å². The van der Waals surface area contributed by atoms with Crippen molar-refractivity contribution >= 4 is 11.8 Å². The third-order valence-electron chi connectivity index (χ3n) is 3.62. The van der Waals surface area contributed by atoms with E-state index in [1.165, 1.54) is 12.4 Å². The summed E-state index contributed by atoms with van der Waals surface area (Å²) in [5, 5.41) is 3.07.